The smallest absolute Gasteiger partial charge is 0.326 e. The Balaban J connectivity index is 2.88. The van der Waals surface area contributed by atoms with Crippen LogP contribution in [0.4, 0.5) is 0 Å². The summed E-state index contributed by atoms with van der Waals surface area (Å²) in [6, 6.07) is -3.89. The van der Waals surface area contributed by atoms with Gasteiger partial charge in [-0.05, 0) is 24.7 Å². The number of nitrogens with two attached hydrogens (primary N) is 1. The van der Waals surface area contributed by atoms with Crippen LogP contribution in [0.1, 0.15) is 40.5 Å². The molecule has 0 aliphatic carbocycles. The van der Waals surface area contributed by atoms with Crippen LogP contribution in [0.2, 0.25) is 0 Å². The summed E-state index contributed by atoms with van der Waals surface area (Å²) in [4.78, 5) is 50.2. The van der Waals surface area contributed by atoms with E-state index in [0.717, 1.165) is 0 Å². The van der Waals surface area contributed by atoms with E-state index < -0.39 is 54.5 Å². The van der Waals surface area contributed by atoms with E-state index in [9.17, 15) is 24.3 Å². The van der Waals surface area contributed by atoms with Crippen LogP contribution in [-0.2, 0) is 19.2 Å². The maximum Gasteiger partial charge on any atom is 0.326 e. The first-order valence-corrected chi connectivity index (χ1v) is 9.51. The molecule has 1 fully saturated rings. The molecule has 10 heteroatoms. The molecule has 6 N–H and O–H groups in total. The zero-order valence-electron chi connectivity index (χ0n) is 16.8. The topological polar surface area (TPSA) is 162 Å². The van der Waals surface area contributed by atoms with Gasteiger partial charge in [-0.15, -0.1) is 0 Å². The van der Waals surface area contributed by atoms with E-state index in [0.29, 0.717) is 19.4 Å². The zero-order chi connectivity index (χ0) is 21.6. The van der Waals surface area contributed by atoms with Gasteiger partial charge in [-0.1, -0.05) is 27.7 Å². The van der Waals surface area contributed by atoms with E-state index in [2.05, 4.69) is 10.6 Å². The quantitative estimate of drug-likeness (QED) is 0.320. The van der Waals surface area contributed by atoms with Gasteiger partial charge in [-0.2, -0.15) is 0 Å². The second kappa shape index (κ2) is 10.4. The van der Waals surface area contributed by atoms with E-state index in [1.165, 1.54) is 4.90 Å². The minimum absolute atomic E-state index is 0.296. The molecule has 0 bridgehead atoms. The van der Waals surface area contributed by atoms with Crippen molar-refractivity contribution in [1.29, 1.82) is 0 Å². The average Bonchev–Trinajstić information content (AvgIpc) is 3.11. The van der Waals surface area contributed by atoms with Crippen molar-refractivity contribution in [3.8, 4) is 0 Å². The number of carboxylic acids is 1. The lowest BCUT2D eigenvalue weighted by atomic mass is 9.99. The van der Waals surface area contributed by atoms with Crippen LogP contribution in [0.5, 0.6) is 0 Å². The van der Waals surface area contributed by atoms with Crippen molar-refractivity contribution < 1.29 is 29.4 Å². The van der Waals surface area contributed by atoms with E-state index in [1.54, 1.807) is 27.7 Å². The van der Waals surface area contributed by atoms with Crippen molar-refractivity contribution >= 4 is 23.7 Å². The molecule has 1 aliphatic heterocycles. The van der Waals surface area contributed by atoms with Crippen LogP contribution < -0.4 is 16.4 Å². The zero-order valence-corrected chi connectivity index (χ0v) is 16.8. The Morgan fingerprint density at radius 1 is 1.07 bits per heavy atom. The standard InChI is InChI=1S/C18H32N4O6/c1-9(2)13(16(25)21-14(10(3)4)18(27)28)20-15(24)12-6-5-7-22(12)17(26)11(19)8-23/h9-14,23H,5-8,19H2,1-4H3,(H,20,24)(H,21,25)(H,27,28). The number of hydrogen-bond donors (Lipinski definition) is 5. The molecule has 1 aliphatic rings. The van der Waals surface area contributed by atoms with Gasteiger partial charge in [-0.25, -0.2) is 4.79 Å². The molecule has 1 rings (SSSR count). The van der Waals surface area contributed by atoms with Crippen molar-refractivity contribution in [3.63, 3.8) is 0 Å². The van der Waals surface area contributed by atoms with Gasteiger partial charge in [0.25, 0.3) is 0 Å². The Morgan fingerprint density at radius 3 is 2.11 bits per heavy atom. The number of aliphatic hydroxyl groups excluding tert-OH is 1. The van der Waals surface area contributed by atoms with Crippen LogP contribution in [0.15, 0.2) is 0 Å². The lowest BCUT2D eigenvalue weighted by Gasteiger charge is -2.29. The predicted octanol–water partition coefficient (Wildman–Crippen LogP) is -1.34. The first-order valence-electron chi connectivity index (χ1n) is 9.51. The van der Waals surface area contributed by atoms with Crippen molar-refractivity contribution in [1.82, 2.24) is 15.5 Å². The van der Waals surface area contributed by atoms with Crippen LogP contribution >= 0.6 is 0 Å². The molecular formula is C18H32N4O6. The van der Waals surface area contributed by atoms with Crippen LogP contribution in [0, 0.1) is 11.8 Å². The number of carbonyl (C=O) groups excluding carboxylic acids is 3. The summed E-state index contributed by atoms with van der Waals surface area (Å²) in [5.74, 6) is -3.38. The fraction of sp³-hybridized carbons (Fsp3) is 0.778. The highest BCUT2D eigenvalue weighted by atomic mass is 16.4. The number of amides is 3. The molecular weight excluding hydrogens is 368 g/mol. The van der Waals surface area contributed by atoms with Gasteiger partial charge in [0.15, 0.2) is 0 Å². The van der Waals surface area contributed by atoms with E-state index >= 15 is 0 Å². The number of nitrogens with one attached hydrogen (secondary N) is 2. The summed E-state index contributed by atoms with van der Waals surface area (Å²) < 4.78 is 0. The number of aliphatic carboxylic acids is 1. The maximum atomic E-state index is 12.7. The molecule has 0 aromatic heterocycles. The Kier molecular flexibility index (Phi) is 8.83. The fourth-order valence-electron chi connectivity index (χ4n) is 3.14. The average molecular weight is 400 g/mol. The summed E-state index contributed by atoms with van der Waals surface area (Å²) >= 11 is 0. The highest BCUT2D eigenvalue weighted by molar-refractivity contribution is 5.94. The molecule has 0 spiro atoms. The summed E-state index contributed by atoms with van der Waals surface area (Å²) in [7, 11) is 0. The van der Waals surface area contributed by atoms with Gasteiger partial charge in [0.1, 0.15) is 24.2 Å². The number of aliphatic hydroxyl groups is 1. The summed E-state index contributed by atoms with van der Waals surface area (Å²) in [5, 5.41) is 23.5. The van der Waals surface area contributed by atoms with Crippen molar-refractivity contribution in [2.24, 2.45) is 17.6 Å². The summed E-state index contributed by atoms with van der Waals surface area (Å²) in [6.45, 7) is 6.64. The molecule has 4 atom stereocenters. The number of likely N-dealkylation sites (tertiary alicyclic amines) is 1. The molecule has 1 heterocycles. The minimum Gasteiger partial charge on any atom is -0.480 e. The highest BCUT2D eigenvalue weighted by Gasteiger charge is 2.38. The molecule has 4 unspecified atom stereocenters. The number of hydrogen-bond acceptors (Lipinski definition) is 6. The monoisotopic (exact) mass is 400 g/mol. The fourth-order valence-corrected chi connectivity index (χ4v) is 3.14. The molecule has 160 valence electrons. The third kappa shape index (κ3) is 5.90. The van der Waals surface area contributed by atoms with Gasteiger partial charge in [-0.3, -0.25) is 14.4 Å². The van der Waals surface area contributed by atoms with E-state index in [-0.39, 0.29) is 11.8 Å². The number of carboxylic acid groups (broad SMARTS) is 1. The number of carbonyl (C=O) groups is 4. The lowest BCUT2D eigenvalue weighted by Crippen LogP contribution is -2.58. The largest absolute Gasteiger partial charge is 0.480 e. The van der Waals surface area contributed by atoms with Gasteiger partial charge in [0.05, 0.1) is 6.61 Å². The molecule has 3 amide bonds. The third-order valence-corrected chi connectivity index (χ3v) is 4.83. The van der Waals surface area contributed by atoms with Gasteiger partial charge < -0.3 is 31.5 Å². The predicted molar refractivity (Wildman–Crippen MR) is 101 cm³/mol. The summed E-state index contributed by atoms with van der Waals surface area (Å²) in [6.07, 6.45) is 1.03. The SMILES string of the molecule is CC(C)C(NC(=O)C(NC(=O)C1CCCN1C(=O)C(N)CO)C(C)C)C(=O)O. The Hall–Kier alpha value is -2.20. The first kappa shape index (κ1) is 23.8. The maximum absolute atomic E-state index is 12.7. The van der Waals surface area contributed by atoms with Gasteiger partial charge in [0.2, 0.25) is 17.7 Å². The molecule has 10 nitrogen and oxygen atoms in total. The van der Waals surface area contributed by atoms with Gasteiger partial charge in [0, 0.05) is 6.54 Å². The number of nitrogens with zero attached hydrogens (tertiary/aromatic N) is 1. The summed E-state index contributed by atoms with van der Waals surface area (Å²) in [5.41, 5.74) is 5.58. The Labute approximate surface area is 164 Å². The van der Waals surface area contributed by atoms with E-state index in [4.69, 9.17) is 10.8 Å². The van der Waals surface area contributed by atoms with Crippen molar-refractivity contribution in [2.45, 2.75) is 64.7 Å². The molecule has 28 heavy (non-hydrogen) atoms. The lowest BCUT2D eigenvalue weighted by molar-refractivity contribution is -0.144. The normalized spacial score (nSPS) is 20.0. The Bertz CT molecular complexity index is 595. The van der Waals surface area contributed by atoms with Gasteiger partial charge >= 0.3 is 5.97 Å². The van der Waals surface area contributed by atoms with Crippen LogP contribution in [-0.4, -0.2) is 76.1 Å². The molecule has 0 radical (unpaired) electrons. The van der Waals surface area contributed by atoms with E-state index in [1.807, 2.05) is 0 Å². The van der Waals surface area contributed by atoms with Crippen LogP contribution in [0.25, 0.3) is 0 Å². The van der Waals surface area contributed by atoms with Crippen molar-refractivity contribution in [3.05, 3.63) is 0 Å². The Morgan fingerprint density at radius 2 is 1.64 bits per heavy atom. The number of rotatable bonds is 9. The first-order chi connectivity index (χ1) is 13.0. The highest BCUT2D eigenvalue weighted by Crippen LogP contribution is 2.19. The second-order valence-corrected chi connectivity index (χ2v) is 7.78. The van der Waals surface area contributed by atoms with Crippen LogP contribution in [0.3, 0.4) is 0 Å². The molecule has 0 saturated carbocycles. The second-order valence-electron chi connectivity index (χ2n) is 7.78. The van der Waals surface area contributed by atoms with Crippen molar-refractivity contribution in [2.75, 3.05) is 13.2 Å². The molecule has 0 aromatic carbocycles. The third-order valence-electron chi connectivity index (χ3n) is 4.83. The molecule has 1 saturated heterocycles. The minimum atomic E-state index is -1.15. The molecule has 0 aromatic rings.